The number of carbonyl (C=O) groups is 3. The van der Waals surface area contributed by atoms with Gasteiger partial charge >= 0.3 is 17.9 Å². The molecule has 0 heterocycles. The minimum atomic E-state index is -0.797. The van der Waals surface area contributed by atoms with Crippen molar-refractivity contribution in [3.05, 3.63) is 158 Å². The Morgan fingerprint density at radius 2 is 0.487 bits per heavy atom. The lowest BCUT2D eigenvalue weighted by molar-refractivity contribution is -0.167. The Labute approximate surface area is 492 Å². The summed E-state index contributed by atoms with van der Waals surface area (Å²) >= 11 is 0. The molecule has 1 unspecified atom stereocenters. The van der Waals surface area contributed by atoms with E-state index in [0.717, 1.165) is 167 Å². The summed E-state index contributed by atoms with van der Waals surface area (Å²) in [5.41, 5.74) is 0. The fourth-order valence-electron chi connectivity index (χ4n) is 8.48. The molecule has 0 fully saturated rings. The van der Waals surface area contributed by atoms with Crippen LogP contribution in [0.4, 0.5) is 0 Å². The SMILES string of the molecule is CC/C=C\C/C=C\C/C=C\C/C=C\C/C=C\C/C=C\C/C=C\C/C=C\CCCCCCCCCCC(=O)OCC(COC(=O)CCCCCCCCCC)OC(=O)CCCCCCC/C=C\C/C=C\C/C=C\C/C=C\C/C=C\CC. The maximum Gasteiger partial charge on any atom is 0.306 e. The van der Waals surface area contributed by atoms with Crippen LogP contribution in [0.1, 0.15) is 271 Å². The van der Waals surface area contributed by atoms with E-state index in [1.54, 1.807) is 0 Å². The molecule has 0 spiro atoms. The van der Waals surface area contributed by atoms with E-state index in [2.05, 4.69) is 179 Å². The largest absolute Gasteiger partial charge is 0.462 e. The predicted octanol–water partition coefficient (Wildman–Crippen LogP) is 22.5. The highest BCUT2D eigenvalue weighted by molar-refractivity contribution is 5.71. The minimum Gasteiger partial charge on any atom is -0.462 e. The van der Waals surface area contributed by atoms with Crippen molar-refractivity contribution in [1.29, 1.82) is 0 Å². The third-order valence-corrected chi connectivity index (χ3v) is 13.3. The molecule has 6 nitrogen and oxygen atoms in total. The van der Waals surface area contributed by atoms with E-state index < -0.39 is 6.10 Å². The molecule has 0 saturated heterocycles. The number of hydrogen-bond donors (Lipinski definition) is 0. The Morgan fingerprint density at radius 3 is 0.762 bits per heavy atom. The van der Waals surface area contributed by atoms with Gasteiger partial charge in [0.25, 0.3) is 0 Å². The molecule has 0 rings (SSSR count). The zero-order chi connectivity index (χ0) is 57.8. The Morgan fingerprint density at radius 1 is 0.263 bits per heavy atom. The van der Waals surface area contributed by atoms with E-state index in [4.69, 9.17) is 14.2 Å². The minimum absolute atomic E-state index is 0.0926. The highest BCUT2D eigenvalue weighted by Crippen LogP contribution is 2.15. The lowest BCUT2D eigenvalue weighted by atomic mass is 10.1. The fraction of sp³-hybridized carbons (Fsp3) is 0.608. The van der Waals surface area contributed by atoms with Gasteiger partial charge in [-0.3, -0.25) is 14.4 Å². The summed E-state index contributed by atoms with van der Waals surface area (Å²) < 4.78 is 16.8. The standard InChI is InChI=1S/C74H118O6/c1-4-7-10-13-16-19-21-23-25-27-29-31-32-33-34-35-36-37-38-39-40-41-42-44-45-47-49-51-53-55-58-61-64-67-73(76)79-70-71(69-78-72(75)66-63-60-57-18-15-12-9-6-3)80-74(77)68-65-62-59-56-54-52-50-48-46-43-30-28-26-24-22-20-17-14-11-8-5-2/h7-8,10-11,16-17,19-20,23-26,29-31,33-34,36-37,39-40,42-44,48,50,71H,4-6,9,12-15,18,21-22,27-28,32,35,38,41,45-47,49,51-70H2,1-3H3/b10-7-,11-8-,19-16-,20-17-,25-23-,26-24-,31-29-,34-33-,37-36-,40-39-,43-30-,44-42-,50-48-. The Kier molecular flexibility index (Phi) is 62.4. The summed E-state index contributed by atoms with van der Waals surface area (Å²) in [5, 5.41) is 0. The summed E-state index contributed by atoms with van der Waals surface area (Å²) in [6.07, 6.45) is 96.9. The highest BCUT2D eigenvalue weighted by Gasteiger charge is 2.19. The van der Waals surface area contributed by atoms with Crippen LogP contribution < -0.4 is 0 Å². The molecular formula is C74H118O6. The molecule has 0 N–H and O–H groups in total. The van der Waals surface area contributed by atoms with Gasteiger partial charge in [-0.2, -0.15) is 0 Å². The fourth-order valence-corrected chi connectivity index (χ4v) is 8.48. The van der Waals surface area contributed by atoms with Crippen LogP contribution in [-0.2, 0) is 28.6 Å². The van der Waals surface area contributed by atoms with Crippen molar-refractivity contribution in [1.82, 2.24) is 0 Å². The van der Waals surface area contributed by atoms with Crippen LogP contribution in [0.15, 0.2) is 158 Å². The summed E-state index contributed by atoms with van der Waals surface area (Å²) in [6, 6.07) is 0. The maximum atomic E-state index is 12.9. The van der Waals surface area contributed by atoms with E-state index in [0.29, 0.717) is 19.3 Å². The second-order valence-corrected chi connectivity index (χ2v) is 20.9. The average Bonchev–Trinajstić information content (AvgIpc) is 3.46. The lowest BCUT2D eigenvalue weighted by Gasteiger charge is -2.18. The molecule has 1 atom stereocenters. The second kappa shape index (κ2) is 66.5. The molecule has 0 aliphatic heterocycles. The van der Waals surface area contributed by atoms with E-state index in [9.17, 15) is 14.4 Å². The molecule has 450 valence electrons. The third-order valence-electron chi connectivity index (χ3n) is 13.3. The normalized spacial score (nSPS) is 13.2. The first-order chi connectivity index (χ1) is 39.5. The van der Waals surface area contributed by atoms with Crippen molar-refractivity contribution in [2.24, 2.45) is 0 Å². The Bertz CT molecular complexity index is 1790. The summed E-state index contributed by atoms with van der Waals surface area (Å²) in [6.45, 7) is 6.36. The molecule has 0 aliphatic rings. The Hall–Kier alpha value is -4.97. The molecule has 0 aromatic carbocycles. The van der Waals surface area contributed by atoms with E-state index in [-0.39, 0.29) is 31.1 Å². The van der Waals surface area contributed by atoms with Gasteiger partial charge in [0.15, 0.2) is 6.10 Å². The number of ether oxygens (including phenoxy) is 3. The van der Waals surface area contributed by atoms with Crippen molar-refractivity contribution in [3.63, 3.8) is 0 Å². The number of rotatable bonds is 57. The Balaban J connectivity index is 4.24. The van der Waals surface area contributed by atoms with Crippen LogP contribution in [-0.4, -0.2) is 37.2 Å². The summed E-state index contributed by atoms with van der Waals surface area (Å²) in [4.78, 5) is 38.2. The van der Waals surface area contributed by atoms with Crippen molar-refractivity contribution >= 4 is 17.9 Å². The van der Waals surface area contributed by atoms with E-state index in [1.165, 1.54) is 64.2 Å². The van der Waals surface area contributed by atoms with Crippen molar-refractivity contribution in [3.8, 4) is 0 Å². The number of carbonyl (C=O) groups excluding carboxylic acids is 3. The van der Waals surface area contributed by atoms with Gasteiger partial charge in [-0.15, -0.1) is 0 Å². The molecule has 0 aliphatic carbocycles. The summed E-state index contributed by atoms with van der Waals surface area (Å²) in [7, 11) is 0. The van der Waals surface area contributed by atoms with Crippen molar-refractivity contribution < 1.29 is 28.6 Å². The van der Waals surface area contributed by atoms with Gasteiger partial charge < -0.3 is 14.2 Å². The molecule has 0 amide bonds. The molecular weight excluding hydrogens is 985 g/mol. The molecule has 6 heteroatoms. The number of unbranched alkanes of at least 4 members (excludes halogenated alkanes) is 20. The van der Waals surface area contributed by atoms with Crippen LogP contribution in [0, 0.1) is 0 Å². The first kappa shape index (κ1) is 75.0. The molecule has 0 saturated carbocycles. The van der Waals surface area contributed by atoms with Gasteiger partial charge in [-0.05, 0) is 128 Å². The molecule has 0 aromatic heterocycles. The first-order valence-corrected chi connectivity index (χ1v) is 32.5. The molecule has 0 aromatic rings. The topological polar surface area (TPSA) is 78.9 Å². The van der Waals surface area contributed by atoms with E-state index in [1.807, 2.05) is 0 Å². The molecule has 80 heavy (non-hydrogen) atoms. The molecule has 0 radical (unpaired) electrons. The number of allylic oxidation sites excluding steroid dienone is 26. The number of hydrogen-bond acceptors (Lipinski definition) is 6. The smallest absolute Gasteiger partial charge is 0.306 e. The van der Waals surface area contributed by atoms with Crippen molar-refractivity contribution in [2.45, 2.75) is 277 Å². The van der Waals surface area contributed by atoms with E-state index >= 15 is 0 Å². The zero-order valence-corrected chi connectivity index (χ0v) is 51.5. The number of esters is 3. The summed E-state index contributed by atoms with van der Waals surface area (Å²) in [5.74, 6) is -0.927. The van der Waals surface area contributed by atoms with Crippen LogP contribution in [0.3, 0.4) is 0 Å². The van der Waals surface area contributed by atoms with Crippen LogP contribution >= 0.6 is 0 Å². The van der Waals surface area contributed by atoms with Gasteiger partial charge in [0.2, 0.25) is 0 Å². The van der Waals surface area contributed by atoms with Gasteiger partial charge in [-0.1, -0.05) is 281 Å². The lowest BCUT2D eigenvalue weighted by Crippen LogP contribution is -2.30. The zero-order valence-electron chi connectivity index (χ0n) is 51.5. The monoisotopic (exact) mass is 1100 g/mol. The van der Waals surface area contributed by atoms with Crippen LogP contribution in [0.5, 0.6) is 0 Å². The first-order valence-electron chi connectivity index (χ1n) is 32.5. The highest BCUT2D eigenvalue weighted by atomic mass is 16.6. The van der Waals surface area contributed by atoms with Crippen LogP contribution in [0.25, 0.3) is 0 Å². The second-order valence-electron chi connectivity index (χ2n) is 20.9. The quantitative estimate of drug-likeness (QED) is 0.0261. The predicted molar refractivity (Wildman–Crippen MR) is 348 cm³/mol. The third kappa shape index (κ3) is 63.9. The van der Waals surface area contributed by atoms with Gasteiger partial charge in [-0.25, -0.2) is 0 Å². The average molecular weight is 1100 g/mol. The van der Waals surface area contributed by atoms with Crippen molar-refractivity contribution in [2.75, 3.05) is 13.2 Å². The van der Waals surface area contributed by atoms with Gasteiger partial charge in [0.1, 0.15) is 13.2 Å². The maximum absolute atomic E-state index is 12.9. The van der Waals surface area contributed by atoms with Gasteiger partial charge in [0.05, 0.1) is 0 Å². The molecule has 0 bridgehead atoms. The van der Waals surface area contributed by atoms with Crippen LogP contribution in [0.2, 0.25) is 0 Å². The van der Waals surface area contributed by atoms with Gasteiger partial charge in [0, 0.05) is 19.3 Å².